The van der Waals surface area contributed by atoms with Crippen LogP contribution in [0.3, 0.4) is 0 Å². The second-order valence-corrected chi connectivity index (χ2v) is 10.1. The van der Waals surface area contributed by atoms with Crippen molar-refractivity contribution in [2.24, 2.45) is 0 Å². The third kappa shape index (κ3) is 6.43. The fourth-order valence-electron chi connectivity index (χ4n) is 4.23. The summed E-state index contributed by atoms with van der Waals surface area (Å²) in [5.74, 6) is 1.15. The third-order valence-corrected chi connectivity index (χ3v) is 7.38. The van der Waals surface area contributed by atoms with Crippen LogP contribution < -0.4 is 14.8 Å². The van der Waals surface area contributed by atoms with Crippen LogP contribution >= 0.6 is 0 Å². The molecule has 2 aromatic carbocycles. The molecule has 1 aliphatic heterocycles. The number of likely N-dealkylation sites (tertiary alicyclic amines) is 1. The highest BCUT2D eigenvalue weighted by Gasteiger charge is 2.25. The SMILES string of the molecule is CCOc1ccc(S(=O)(=O)Nc2cccc(C(=O)NC[C@@H](c3ccco3)N3CCCCC3)c2)cc1. The van der Waals surface area contributed by atoms with Gasteiger partial charge in [0.1, 0.15) is 11.5 Å². The van der Waals surface area contributed by atoms with E-state index in [1.807, 2.05) is 19.1 Å². The smallest absolute Gasteiger partial charge is 0.261 e. The summed E-state index contributed by atoms with van der Waals surface area (Å²) in [5, 5.41) is 2.99. The molecule has 9 heteroatoms. The maximum absolute atomic E-state index is 12.9. The highest BCUT2D eigenvalue weighted by Crippen LogP contribution is 2.25. The lowest BCUT2D eigenvalue weighted by atomic mass is 10.1. The standard InChI is InChI=1S/C26H31N3O5S/c1-2-33-22-11-13-23(14-12-22)35(31,32)28-21-9-6-8-20(18-21)26(30)27-19-24(25-10-7-17-34-25)29-15-4-3-5-16-29/h6-14,17-18,24,28H,2-5,15-16,19H2,1H3,(H,27,30)/t24-/m0/s1. The quantitative estimate of drug-likeness (QED) is 0.430. The van der Waals surface area contributed by atoms with E-state index in [9.17, 15) is 13.2 Å². The molecule has 4 rings (SSSR count). The summed E-state index contributed by atoms with van der Waals surface area (Å²) in [4.78, 5) is 15.4. The van der Waals surface area contributed by atoms with Crippen LogP contribution in [0.5, 0.6) is 5.75 Å². The highest BCUT2D eigenvalue weighted by molar-refractivity contribution is 7.92. The lowest BCUT2D eigenvalue weighted by Crippen LogP contribution is -2.40. The zero-order valence-corrected chi connectivity index (χ0v) is 20.6. The number of amides is 1. The average Bonchev–Trinajstić information content (AvgIpc) is 3.40. The van der Waals surface area contributed by atoms with E-state index >= 15 is 0 Å². The molecule has 186 valence electrons. The number of anilines is 1. The molecule has 2 heterocycles. The van der Waals surface area contributed by atoms with Gasteiger partial charge in [0.2, 0.25) is 0 Å². The number of benzene rings is 2. The van der Waals surface area contributed by atoms with E-state index in [1.165, 1.54) is 24.6 Å². The molecule has 0 spiro atoms. The van der Waals surface area contributed by atoms with E-state index < -0.39 is 10.0 Å². The number of ether oxygens (including phenoxy) is 1. The fourth-order valence-corrected chi connectivity index (χ4v) is 5.28. The summed E-state index contributed by atoms with van der Waals surface area (Å²) < 4.78 is 39.2. The van der Waals surface area contributed by atoms with Gasteiger partial charge in [0.25, 0.3) is 15.9 Å². The van der Waals surface area contributed by atoms with E-state index in [1.54, 1.807) is 36.6 Å². The molecule has 1 amide bonds. The second kappa shape index (κ2) is 11.4. The summed E-state index contributed by atoms with van der Waals surface area (Å²) in [6.07, 6.45) is 5.12. The van der Waals surface area contributed by atoms with E-state index in [-0.39, 0.29) is 16.8 Å². The number of nitrogens with zero attached hydrogens (tertiary/aromatic N) is 1. The molecule has 0 unspecified atom stereocenters. The summed E-state index contributed by atoms with van der Waals surface area (Å²) in [7, 11) is -3.81. The first kappa shape index (κ1) is 24.8. The van der Waals surface area contributed by atoms with Crippen molar-refractivity contribution in [1.29, 1.82) is 0 Å². The van der Waals surface area contributed by atoms with Crippen molar-refractivity contribution in [3.8, 4) is 5.75 Å². The maximum atomic E-state index is 12.9. The van der Waals surface area contributed by atoms with E-state index in [0.717, 1.165) is 31.7 Å². The molecule has 2 N–H and O–H groups in total. The average molecular weight is 498 g/mol. The number of nitrogens with one attached hydrogen (secondary N) is 2. The molecule has 3 aromatic rings. The van der Waals surface area contributed by atoms with Gasteiger partial charge in [0.15, 0.2) is 0 Å². The van der Waals surface area contributed by atoms with Crippen molar-refractivity contribution in [1.82, 2.24) is 10.2 Å². The Labute approximate surface area is 206 Å². The molecule has 1 fully saturated rings. The van der Waals surface area contributed by atoms with E-state index in [2.05, 4.69) is 14.9 Å². The van der Waals surface area contributed by atoms with Gasteiger partial charge >= 0.3 is 0 Å². The predicted octanol–water partition coefficient (Wildman–Crippen LogP) is 4.44. The Balaban J connectivity index is 1.42. The Bertz CT molecular complexity index is 1200. The summed E-state index contributed by atoms with van der Waals surface area (Å²) in [6.45, 7) is 4.68. The van der Waals surface area contributed by atoms with Gasteiger partial charge in [0.05, 0.1) is 23.8 Å². The maximum Gasteiger partial charge on any atom is 0.261 e. The van der Waals surface area contributed by atoms with Gasteiger partial charge < -0.3 is 14.5 Å². The first-order valence-corrected chi connectivity index (χ1v) is 13.4. The topological polar surface area (TPSA) is 101 Å². The molecule has 0 radical (unpaired) electrons. The Morgan fingerprint density at radius 1 is 1.06 bits per heavy atom. The molecule has 0 saturated carbocycles. The second-order valence-electron chi connectivity index (χ2n) is 8.43. The number of piperidine rings is 1. The molecule has 1 atom stereocenters. The zero-order chi connectivity index (χ0) is 24.7. The Hall–Kier alpha value is -3.30. The van der Waals surface area contributed by atoms with Gasteiger partial charge in [-0.2, -0.15) is 0 Å². The Morgan fingerprint density at radius 2 is 1.83 bits per heavy atom. The number of hydrogen-bond acceptors (Lipinski definition) is 6. The molecule has 1 aliphatic rings. The van der Waals surface area contributed by atoms with Crippen LogP contribution in [0.25, 0.3) is 0 Å². The van der Waals surface area contributed by atoms with Crippen LogP contribution in [0.4, 0.5) is 5.69 Å². The highest BCUT2D eigenvalue weighted by atomic mass is 32.2. The van der Waals surface area contributed by atoms with Crippen molar-refractivity contribution in [3.05, 3.63) is 78.3 Å². The lowest BCUT2D eigenvalue weighted by Gasteiger charge is -2.33. The van der Waals surface area contributed by atoms with Crippen molar-refractivity contribution < 1.29 is 22.4 Å². The molecule has 0 bridgehead atoms. The van der Waals surface area contributed by atoms with E-state index in [0.29, 0.717) is 30.2 Å². The van der Waals surface area contributed by atoms with Gasteiger partial charge in [-0.15, -0.1) is 0 Å². The van der Waals surface area contributed by atoms with Crippen LogP contribution in [0.2, 0.25) is 0 Å². The van der Waals surface area contributed by atoms with Gasteiger partial charge in [-0.25, -0.2) is 8.42 Å². The van der Waals surface area contributed by atoms with Crippen molar-refractivity contribution in [2.45, 2.75) is 37.1 Å². The van der Waals surface area contributed by atoms with Gasteiger partial charge in [-0.05, 0) is 87.5 Å². The molecule has 1 saturated heterocycles. The van der Waals surface area contributed by atoms with Crippen molar-refractivity contribution >= 4 is 21.6 Å². The van der Waals surface area contributed by atoms with Crippen LogP contribution in [0.1, 0.15) is 48.3 Å². The van der Waals surface area contributed by atoms with Crippen molar-refractivity contribution in [2.75, 3.05) is 31.0 Å². The largest absolute Gasteiger partial charge is 0.494 e. The number of sulfonamides is 1. The van der Waals surface area contributed by atoms with Crippen LogP contribution in [0, 0.1) is 0 Å². The first-order valence-electron chi connectivity index (χ1n) is 11.9. The summed E-state index contributed by atoms with van der Waals surface area (Å²) in [5.41, 5.74) is 0.680. The fraction of sp³-hybridized carbons (Fsp3) is 0.346. The molecular formula is C26H31N3O5S. The molecule has 0 aliphatic carbocycles. The van der Waals surface area contributed by atoms with Gasteiger partial charge in [0, 0.05) is 17.8 Å². The lowest BCUT2D eigenvalue weighted by molar-refractivity contribution is 0.0914. The third-order valence-electron chi connectivity index (χ3n) is 5.98. The molecule has 1 aromatic heterocycles. The monoisotopic (exact) mass is 497 g/mol. The number of rotatable bonds is 10. The molecular weight excluding hydrogens is 466 g/mol. The number of carbonyl (C=O) groups excluding carboxylic acids is 1. The number of carbonyl (C=O) groups is 1. The Morgan fingerprint density at radius 3 is 2.51 bits per heavy atom. The number of furan rings is 1. The van der Waals surface area contributed by atoms with Crippen molar-refractivity contribution in [3.63, 3.8) is 0 Å². The molecule has 8 nitrogen and oxygen atoms in total. The zero-order valence-electron chi connectivity index (χ0n) is 19.8. The van der Waals surface area contributed by atoms with Crippen LogP contribution in [-0.2, 0) is 10.0 Å². The summed E-state index contributed by atoms with van der Waals surface area (Å²) >= 11 is 0. The first-order chi connectivity index (χ1) is 17.0. The van der Waals surface area contributed by atoms with Crippen LogP contribution in [-0.4, -0.2) is 45.5 Å². The normalized spacial score (nSPS) is 15.3. The minimum Gasteiger partial charge on any atom is -0.494 e. The van der Waals surface area contributed by atoms with Gasteiger partial charge in [-0.3, -0.25) is 14.4 Å². The van der Waals surface area contributed by atoms with E-state index in [4.69, 9.17) is 9.15 Å². The van der Waals surface area contributed by atoms with Gasteiger partial charge in [-0.1, -0.05) is 12.5 Å². The minimum atomic E-state index is -3.81. The number of hydrogen-bond donors (Lipinski definition) is 2. The molecule has 35 heavy (non-hydrogen) atoms. The summed E-state index contributed by atoms with van der Waals surface area (Å²) in [6, 6.07) is 16.4. The Kier molecular flexibility index (Phi) is 8.09. The van der Waals surface area contributed by atoms with Crippen LogP contribution in [0.15, 0.2) is 76.2 Å². The predicted molar refractivity (Wildman–Crippen MR) is 134 cm³/mol. The minimum absolute atomic E-state index is 0.0457.